The van der Waals surface area contributed by atoms with E-state index in [1.807, 2.05) is 18.3 Å². The average Bonchev–Trinajstić information content (AvgIpc) is 3.01. The first-order chi connectivity index (χ1) is 8.83. The van der Waals surface area contributed by atoms with Gasteiger partial charge in [0, 0.05) is 18.4 Å². The molecule has 0 bridgehead atoms. The molecule has 94 valence electrons. The van der Waals surface area contributed by atoms with Gasteiger partial charge in [-0.25, -0.2) is 4.68 Å². The van der Waals surface area contributed by atoms with Crippen LogP contribution in [0.1, 0.15) is 18.4 Å². The molecule has 1 aliphatic rings. The molecule has 1 aromatic carbocycles. The number of nitrogens with one attached hydrogen (secondary N) is 1. The Morgan fingerprint density at radius 1 is 1.44 bits per heavy atom. The Kier molecular flexibility index (Phi) is 3.35. The molecule has 1 aromatic heterocycles. The van der Waals surface area contributed by atoms with Crippen LogP contribution in [-0.4, -0.2) is 22.4 Å². The molecule has 1 fully saturated rings. The summed E-state index contributed by atoms with van der Waals surface area (Å²) in [7, 11) is 0. The van der Waals surface area contributed by atoms with E-state index < -0.39 is 0 Å². The standard InChI is InChI=1S/C14H16ClN3/c15-13-10-11(9-12-3-1-6-16-12)4-5-14(13)18-8-2-7-17-18/h2,4-5,7-8,10,12,16H,1,3,6,9H2. The average molecular weight is 262 g/mol. The van der Waals surface area contributed by atoms with Crippen LogP contribution < -0.4 is 5.32 Å². The second-order valence-corrected chi connectivity index (χ2v) is 5.14. The minimum absolute atomic E-state index is 0.608. The van der Waals surface area contributed by atoms with E-state index in [2.05, 4.69) is 22.5 Å². The van der Waals surface area contributed by atoms with Gasteiger partial charge in [-0.1, -0.05) is 17.7 Å². The first kappa shape index (κ1) is 11.8. The Morgan fingerprint density at radius 2 is 2.39 bits per heavy atom. The number of benzene rings is 1. The van der Waals surface area contributed by atoms with Crippen LogP contribution in [0.2, 0.25) is 5.02 Å². The summed E-state index contributed by atoms with van der Waals surface area (Å²) in [6, 6.07) is 8.74. The highest BCUT2D eigenvalue weighted by molar-refractivity contribution is 6.32. The summed E-state index contributed by atoms with van der Waals surface area (Å²) in [5.74, 6) is 0. The van der Waals surface area contributed by atoms with Crippen LogP contribution in [0.5, 0.6) is 0 Å². The van der Waals surface area contributed by atoms with Gasteiger partial charge in [0.25, 0.3) is 0 Å². The number of rotatable bonds is 3. The number of aromatic nitrogens is 2. The quantitative estimate of drug-likeness (QED) is 0.921. The molecular weight excluding hydrogens is 246 g/mol. The van der Waals surface area contributed by atoms with Crippen molar-refractivity contribution in [2.75, 3.05) is 6.54 Å². The number of hydrogen-bond donors (Lipinski definition) is 1. The van der Waals surface area contributed by atoms with Crippen molar-refractivity contribution in [2.45, 2.75) is 25.3 Å². The molecule has 1 N–H and O–H groups in total. The van der Waals surface area contributed by atoms with Crippen LogP contribution in [0.4, 0.5) is 0 Å². The van der Waals surface area contributed by atoms with Crippen molar-refractivity contribution in [2.24, 2.45) is 0 Å². The van der Waals surface area contributed by atoms with E-state index in [-0.39, 0.29) is 0 Å². The normalized spacial score (nSPS) is 19.3. The van der Waals surface area contributed by atoms with Crippen LogP contribution in [0, 0.1) is 0 Å². The van der Waals surface area contributed by atoms with Crippen molar-refractivity contribution in [3.05, 3.63) is 47.2 Å². The fourth-order valence-corrected chi connectivity index (χ4v) is 2.78. The van der Waals surface area contributed by atoms with Gasteiger partial charge in [-0.2, -0.15) is 5.10 Å². The van der Waals surface area contributed by atoms with E-state index in [0.29, 0.717) is 6.04 Å². The maximum absolute atomic E-state index is 6.33. The van der Waals surface area contributed by atoms with E-state index in [1.165, 1.54) is 18.4 Å². The number of hydrogen-bond acceptors (Lipinski definition) is 2. The summed E-state index contributed by atoms with van der Waals surface area (Å²) in [6.07, 6.45) is 7.26. The summed E-state index contributed by atoms with van der Waals surface area (Å²) < 4.78 is 1.79. The van der Waals surface area contributed by atoms with E-state index in [0.717, 1.165) is 23.7 Å². The lowest BCUT2D eigenvalue weighted by Crippen LogP contribution is -2.23. The van der Waals surface area contributed by atoms with Crippen molar-refractivity contribution in [1.29, 1.82) is 0 Å². The van der Waals surface area contributed by atoms with Crippen LogP contribution in [-0.2, 0) is 6.42 Å². The highest BCUT2D eigenvalue weighted by Gasteiger charge is 2.15. The molecule has 0 aliphatic carbocycles. The van der Waals surface area contributed by atoms with Crippen molar-refractivity contribution < 1.29 is 0 Å². The maximum atomic E-state index is 6.33. The lowest BCUT2D eigenvalue weighted by molar-refractivity contribution is 0.603. The molecule has 2 aromatic rings. The Morgan fingerprint density at radius 3 is 3.06 bits per heavy atom. The first-order valence-electron chi connectivity index (χ1n) is 6.35. The van der Waals surface area contributed by atoms with Gasteiger partial charge >= 0.3 is 0 Å². The van der Waals surface area contributed by atoms with Gasteiger partial charge in [0.1, 0.15) is 0 Å². The molecule has 0 saturated carbocycles. The molecule has 3 rings (SSSR count). The molecule has 3 nitrogen and oxygen atoms in total. The van der Waals surface area contributed by atoms with Crippen LogP contribution in [0.15, 0.2) is 36.7 Å². The van der Waals surface area contributed by atoms with Gasteiger partial charge in [0.15, 0.2) is 0 Å². The molecule has 0 spiro atoms. The summed E-state index contributed by atoms with van der Waals surface area (Å²) >= 11 is 6.33. The van der Waals surface area contributed by atoms with Gasteiger partial charge in [-0.3, -0.25) is 0 Å². The molecule has 1 unspecified atom stereocenters. The molecule has 2 heterocycles. The second-order valence-electron chi connectivity index (χ2n) is 4.73. The summed E-state index contributed by atoms with van der Waals surface area (Å²) in [5.41, 5.74) is 2.22. The molecule has 0 radical (unpaired) electrons. The van der Waals surface area contributed by atoms with Crippen LogP contribution in [0.3, 0.4) is 0 Å². The number of nitrogens with zero attached hydrogens (tertiary/aromatic N) is 2. The molecular formula is C14H16ClN3. The van der Waals surface area contributed by atoms with Crippen molar-refractivity contribution in [3.63, 3.8) is 0 Å². The predicted molar refractivity (Wildman–Crippen MR) is 73.3 cm³/mol. The zero-order valence-corrected chi connectivity index (χ0v) is 10.9. The van der Waals surface area contributed by atoms with Gasteiger partial charge in [-0.05, 0) is 49.6 Å². The van der Waals surface area contributed by atoms with Gasteiger partial charge in [0.2, 0.25) is 0 Å². The fraction of sp³-hybridized carbons (Fsp3) is 0.357. The van der Waals surface area contributed by atoms with Crippen molar-refractivity contribution >= 4 is 11.6 Å². The summed E-state index contributed by atoms with van der Waals surface area (Å²) in [4.78, 5) is 0. The molecule has 4 heteroatoms. The monoisotopic (exact) mass is 261 g/mol. The van der Waals surface area contributed by atoms with Crippen molar-refractivity contribution in [3.8, 4) is 5.69 Å². The predicted octanol–water partition coefficient (Wildman–Crippen LogP) is 2.82. The van der Waals surface area contributed by atoms with E-state index in [9.17, 15) is 0 Å². The Bertz CT molecular complexity index is 516. The SMILES string of the molecule is Clc1cc(CC2CCCN2)ccc1-n1cccn1. The van der Waals surface area contributed by atoms with E-state index in [4.69, 9.17) is 11.6 Å². The Balaban J connectivity index is 1.80. The third-order valence-corrected chi connectivity index (χ3v) is 3.71. The minimum atomic E-state index is 0.608. The molecule has 18 heavy (non-hydrogen) atoms. The largest absolute Gasteiger partial charge is 0.314 e. The van der Waals surface area contributed by atoms with Crippen molar-refractivity contribution in [1.82, 2.24) is 15.1 Å². The molecule has 1 atom stereocenters. The fourth-order valence-electron chi connectivity index (χ4n) is 2.49. The zero-order chi connectivity index (χ0) is 12.4. The maximum Gasteiger partial charge on any atom is 0.0831 e. The summed E-state index contributed by atoms with van der Waals surface area (Å²) in [6.45, 7) is 1.14. The van der Waals surface area contributed by atoms with Crippen LogP contribution in [0.25, 0.3) is 5.69 Å². The Labute approximate surface area is 112 Å². The highest BCUT2D eigenvalue weighted by atomic mass is 35.5. The lowest BCUT2D eigenvalue weighted by atomic mass is 10.0. The van der Waals surface area contributed by atoms with Crippen LogP contribution >= 0.6 is 11.6 Å². The van der Waals surface area contributed by atoms with E-state index in [1.54, 1.807) is 10.9 Å². The highest BCUT2D eigenvalue weighted by Crippen LogP contribution is 2.23. The minimum Gasteiger partial charge on any atom is -0.314 e. The lowest BCUT2D eigenvalue weighted by Gasteiger charge is -2.11. The van der Waals surface area contributed by atoms with E-state index >= 15 is 0 Å². The molecule has 1 aliphatic heterocycles. The second kappa shape index (κ2) is 5.12. The smallest absolute Gasteiger partial charge is 0.0831 e. The van der Waals surface area contributed by atoms with Gasteiger partial charge in [0.05, 0.1) is 10.7 Å². The van der Waals surface area contributed by atoms with Gasteiger partial charge < -0.3 is 5.32 Å². The van der Waals surface area contributed by atoms with Gasteiger partial charge in [-0.15, -0.1) is 0 Å². The first-order valence-corrected chi connectivity index (χ1v) is 6.72. The third kappa shape index (κ3) is 2.42. The third-order valence-electron chi connectivity index (χ3n) is 3.41. The Hall–Kier alpha value is -1.32. The molecule has 0 amide bonds. The summed E-state index contributed by atoms with van der Waals surface area (Å²) in [5, 5.41) is 8.46. The zero-order valence-electron chi connectivity index (χ0n) is 10.1. The topological polar surface area (TPSA) is 29.9 Å². The molecule has 1 saturated heterocycles. The number of halogens is 1.